The highest BCUT2D eigenvalue weighted by molar-refractivity contribution is 8.14. The second kappa shape index (κ2) is 21.5. The van der Waals surface area contributed by atoms with Gasteiger partial charge in [-0.2, -0.15) is 0 Å². The third kappa shape index (κ3) is 15.4. The third-order valence-electron chi connectivity index (χ3n) is 6.46. The van der Waals surface area contributed by atoms with Gasteiger partial charge in [-0.15, -0.1) is 0 Å². The lowest BCUT2D eigenvalue weighted by molar-refractivity contribution is -0.138. The number of unbranched alkanes of at least 4 members (excludes halogenated alkanes) is 2. The van der Waals surface area contributed by atoms with Crippen molar-refractivity contribution >= 4 is 58.4 Å². The maximum Gasteiger partial charge on any atom is 0.330 e. The summed E-state index contributed by atoms with van der Waals surface area (Å²) >= 11 is 1.04. The molecule has 0 aliphatic heterocycles. The van der Waals surface area contributed by atoms with Gasteiger partial charge in [-0.05, 0) is 109 Å². The number of nitrogens with one attached hydrogen (secondary N) is 1. The lowest BCUT2D eigenvalue weighted by Gasteiger charge is -2.09. The van der Waals surface area contributed by atoms with Crippen molar-refractivity contribution in [2.45, 2.75) is 37.5 Å². The van der Waals surface area contributed by atoms with E-state index in [0.717, 1.165) is 47.9 Å². The fourth-order valence-corrected chi connectivity index (χ4v) is 4.70. The zero-order valence-corrected chi connectivity index (χ0v) is 28.2. The van der Waals surface area contributed by atoms with Crippen LogP contribution < -0.4 is 14.8 Å². The van der Waals surface area contributed by atoms with Crippen LogP contribution in [0.15, 0.2) is 108 Å². The smallest absolute Gasteiger partial charge is 0.330 e. The molecule has 10 nitrogen and oxygen atoms in total. The van der Waals surface area contributed by atoms with Crippen LogP contribution in [0.25, 0.3) is 6.08 Å². The summed E-state index contributed by atoms with van der Waals surface area (Å²) in [6.07, 6.45) is 10.0. The van der Waals surface area contributed by atoms with Crippen molar-refractivity contribution in [3.63, 3.8) is 0 Å². The van der Waals surface area contributed by atoms with E-state index in [-0.39, 0.29) is 11.0 Å². The predicted octanol–water partition coefficient (Wildman–Crippen LogP) is 7.50. The second-order valence-electron chi connectivity index (χ2n) is 10.4. The molecule has 0 spiro atoms. The Labute approximate surface area is 290 Å². The highest BCUT2D eigenvalue weighted by Gasteiger charge is 2.08. The first kappa shape index (κ1) is 38.0. The minimum absolute atomic E-state index is 0.180. The summed E-state index contributed by atoms with van der Waals surface area (Å²) in [5.74, 6) is 0.289. The molecule has 0 unspecified atom stereocenters. The molecule has 0 radical (unpaired) electrons. The van der Waals surface area contributed by atoms with Crippen molar-refractivity contribution < 1.29 is 38.1 Å². The summed E-state index contributed by atoms with van der Waals surface area (Å²) < 4.78 is 21.3. The van der Waals surface area contributed by atoms with Gasteiger partial charge < -0.3 is 24.3 Å². The summed E-state index contributed by atoms with van der Waals surface area (Å²) in [4.78, 5) is 51.9. The van der Waals surface area contributed by atoms with E-state index in [1.807, 2.05) is 48.5 Å². The predicted molar refractivity (Wildman–Crippen MR) is 193 cm³/mol. The van der Waals surface area contributed by atoms with Crippen molar-refractivity contribution in [2.24, 2.45) is 4.99 Å². The Kier molecular flexibility index (Phi) is 16.7. The fourth-order valence-electron chi connectivity index (χ4n) is 4.02. The van der Waals surface area contributed by atoms with E-state index in [1.54, 1.807) is 30.5 Å². The molecule has 256 valence electrons. The van der Waals surface area contributed by atoms with Crippen molar-refractivity contribution in [2.75, 3.05) is 31.7 Å². The normalized spacial score (nSPS) is 10.8. The molecule has 0 aliphatic rings. The summed E-state index contributed by atoms with van der Waals surface area (Å²) in [6, 6.07) is 20.0. The molecule has 3 aromatic carbocycles. The van der Waals surface area contributed by atoms with Gasteiger partial charge in [0, 0.05) is 30.2 Å². The van der Waals surface area contributed by atoms with Crippen molar-refractivity contribution in [3.8, 4) is 11.5 Å². The molecular formula is C38H40N2O8S. The number of aliphatic imine (C=N–C) groups is 1. The number of ether oxygens (including phenoxy) is 4. The first-order valence-corrected chi connectivity index (χ1v) is 16.5. The van der Waals surface area contributed by atoms with Gasteiger partial charge in [0.1, 0.15) is 11.5 Å². The SMILES string of the molecule is C=CC(=O)OCCCCOc1ccc(C=Nc2ccc(SC(=O)/C=C/c3ccc(OCCCCOC(=O)C=C)cc3)cc2NC(C)=O)cc1. The van der Waals surface area contributed by atoms with Gasteiger partial charge in [0.05, 0.1) is 37.8 Å². The van der Waals surface area contributed by atoms with E-state index in [0.29, 0.717) is 67.0 Å². The molecule has 49 heavy (non-hydrogen) atoms. The number of hydrogen-bond donors (Lipinski definition) is 1. The number of nitrogens with zero attached hydrogens (tertiary/aromatic N) is 1. The molecule has 0 bridgehead atoms. The summed E-state index contributed by atoms with van der Waals surface area (Å²) in [5.41, 5.74) is 2.69. The van der Waals surface area contributed by atoms with Gasteiger partial charge in [-0.3, -0.25) is 14.6 Å². The number of hydrogen-bond acceptors (Lipinski definition) is 10. The zero-order valence-electron chi connectivity index (χ0n) is 27.4. The lowest BCUT2D eigenvalue weighted by atomic mass is 10.2. The molecule has 1 N–H and O–H groups in total. The Balaban J connectivity index is 1.49. The van der Waals surface area contributed by atoms with Crippen molar-refractivity contribution in [3.05, 3.63) is 109 Å². The Morgan fingerprint density at radius 3 is 1.80 bits per heavy atom. The standard InChI is InChI=1S/C38H40N2O8S/c1-4-36(42)47-24-8-6-22-45-31-15-10-29(11-16-31)14-21-38(44)49-33-19-20-34(35(26-33)40-28(3)41)39-27-30-12-17-32(18-13-30)46-23-7-9-25-48-37(43)5-2/h4-5,10-21,26-27H,1-2,6-9,22-25H2,3H3,(H,40,41)/b21-14+,39-27?. The van der Waals surface area contributed by atoms with E-state index in [4.69, 9.17) is 18.9 Å². The van der Waals surface area contributed by atoms with Gasteiger partial charge in [-0.1, -0.05) is 31.4 Å². The van der Waals surface area contributed by atoms with Gasteiger partial charge >= 0.3 is 11.9 Å². The van der Waals surface area contributed by atoms with E-state index < -0.39 is 11.9 Å². The van der Waals surface area contributed by atoms with Crippen LogP contribution in [0.5, 0.6) is 11.5 Å². The summed E-state index contributed by atoms with van der Waals surface area (Å²) in [7, 11) is 0. The Bertz CT molecular complexity index is 1630. The average Bonchev–Trinajstić information content (AvgIpc) is 3.10. The van der Waals surface area contributed by atoms with Gasteiger partial charge in [0.15, 0.2) is 0 Å². The van der Waals surface area contributed by atoms with Crippen LogP contribution in [0.1, 0.15) is 43.7 Å². The Morgan fingerprint density at radius 1 is 0.735 bits per heavy atom. The maximum absolute atomic E-state index is 12.7. The van der Waals surface area contributed by atoms with Crippen molar-refractivity contribution in [1.82, 2.24) is 0 Å². The van der Waals surface area contributed by atoms with E-state index in [2.05, 4.69) is 23.5 Å². The molecule has 0 aliphatic carbocycles. The van der Waals surface area contributed by atoms with E-state index in [1.165, 1.54) is 13.0 Å². The number of esters is 2. The molecule has 1 amide bonds. The minimum atomic E-state index is -0.432. The summed E-state index contributed by atoms with van der Waals surface area (Å²) in [6.45, 7) is 9.76. The molecule has 0 aromatic heterocycles. The Morgan fingerprint density at radius 2 is 1.27 bits per heavy atom. The van der Waals surface area contributed by atoms with Crippen LogP contribution in [0.3, 0.4) is 0 Å². The van der Waals surface area contributed by atoms with Crippen LogP contribution in [0, 0.1) is 0 Å². The highest BCUT2D eigenvalue weighted by Crippen LogP contribution is 2.31. The molecule has 11 heteroatoms. The monoisotopic (exact) mass is 684 g/mol. The van der Waals surface area contributed by atoms with Gasteiger partial charge in [0.25, 0.3) is 0 Å². The average molecular weight is 685 g/mol. The van der Waals surface area contributed by atoms with Crippen LogP contribution in [0.2, 0.25) is 0 Å². The molecule has 0 saturated heterocycles. The molecule has 0 fully saturated rings. The molecule has 0 atom stereocenters. The van der Waals surface area contributed by atoms with Crippen LogP contribution in [-0.2, 0) is 28.7 Å². The number of carbonyl (C=O) groups is 4. The minimum Gasteiger partial charge on any atom is -0.494 e. The Hall–Kier alpha value is -5.42. The lowest BCUT2D eigenvalue weighted by Crippen LogP contribution is -2.06. The number of benzene rings is 3. The number of carbonyl (C=O) groups excluding carboxylic acids is 4. The third-order valence-corrected chi connectivity index (χ3v) is 7.29. The van der Waals surface area contributed by atoms with E-state index in [9.17, 15) is 19.2 Å². The van der Waals surface area contributed by atoms with Gasteiger partial charge in [0.2, 0.25) is 11.0 Å². The fraction of sp³-hybridized carbons (Fsp3) is 0.237. The topological polar surface area (TPSA) is 130 Å². The molecular weight excluding hydrogens is 644 g/mol. The van der Waals surface area contributed by atoms with Crippen LogP contribution in [0.4, 0.5) is 11.4 Å². The molecule has 3 aromatic rings. The second-order valence-corrected chi connectivity index (χ2v) is 11.4. The number of anilines is 1. The number of rotatable bonds is 20. The largest absolute Gasteiger partial charge is 0.494 e. The first-order chi connectivity index (χ1) is 23.7. The van der Waals surface area contributed by atoms with Crippen LogP contribution in [-0.4, -0.2) is 55.6 Å². The van der Waals surface area contributed by atoms with Crippen LogP contribution >= 0.6 is 11.8 Å². The van der Waals surface area contributed by atoms with Gasteiger partial charge in [-0.25, -0.2) is 9.59 Å². The molecule has 0 heterocycles. The quantitative estimate of drug-likeness (QED) is 0.0423. The first-order valence-electron chi connectivity index (χ1n) is 15.7. The maximum atomic E-state index is 12.7. The van der Waals surface area contributed by atoms with E-state index >= 15 is 0 Å². The highest BCUT2D eigenvalue weighted by atomic mass is 32.2. The number of thioether (sulfide) groups is 1. The summed E-state index contributed by atoms with van der Waals surface area (Å²) in [5, 5.41) is 2.61. The molecule has 3 rings (SSSR count). The van der Waals surface area contributed by atoms with Crippen molar-refractivity contribution in [1.29, 1.82) is 0 Å². The molecule has 0 saturated carbocycles. The zero-order chi connectivity index (χ0) is 35.3. The number of amides is 1.